The van der Waals surface area contributed by atoms with Crippen molar-refractivity contribution in [2.75, 3.05) is 53.3 Å². The third-order valence-corrected chi connectivity index (χ3v) is 10.6. The van der Waals surface area contributed by atoms with E-state index in [1.54, 1.807) is 7.11 Å². The smallest absolute Gasteiger partial charge is 0.329 e. The average Bonchev–Trinajstić information content (AvgIpc) is 3.32. The van der Waals surface area contributed by atoms with E-state index in [1.165, 1.54) is 51.4 Å². The second-order valence-corrected chi connectivity index (χ2v) is 16.1. The molecule has 0 aliphatic heterocycles. The van der Waals surface area contributed by atoms with Gasteiger partial charge in [0.05, 0.1) is 46.1 Å². The number of ether oxygens (including phenoxy) is 5. The highest BCUT2D eigenvalue weighted by Crippen LogP contribution is 2.13. The lowest BCUT2D eigenvalue weighted by molar-refractivity contribution is -0.149. The van der Waals surface area contributed by atoms with Gasteiger partial charge in [0, 0.05) is 20.1 Å². The molecule has 0 aromatic heterocycles. The number of nitrogens with one attached hydrogen (secondary N) is 4. The largest absolute Gasteiger partial charge is 0.459 e. The van der Waals surface area contributed by atoms with Crippen LogP contribution in [0, 0.1) is 0 Å². The molecule has 0 heterocycles. The van der Waals surface area contributed by atoms with Gasteiger partial charge in [0.2, 0.25) is 23.6 Å². The maximum absolute atomic E-state index is 14.1. The number of hydrogen-bond donors (Lipinski definition) is 4. The Morgan fingerprint density at radius 1 is 0.508 bits per heavy atom. The third-order valence-electron chi connectivity index (χ3n) is 10.6. The molecule has 358 valence electrons. The number of esters is 1. The van der Waals surface area contributed by atoms with E-state index >= 15 is 0 Å². The molecule has 4 N–H and O–H groups in total. The van der Waals surface area contributed by atoms with Crippen LogP contribution in [0.15, 0.2) is 91.0 Å². The molecule has 0 radical (unpaired) electrons. The fourth-order valence-corrected chi connectivity index (χ4v) is 6.91. The first kappa shape index (κ1) is 54.2. The van der Waals surface area contributed by atoms with Crippen LogP contribution in [0.2, 0.25) is 0 Å². The lowest BCUT2D eigenvalue weighted by atomic mass is 10.1. The Labute approximate surface area is 386 Å². The lowest BCUT2D eigenvalue weighted by Crippen LogP contribution is -2.56. The second-order valence-electron chi connectivity index (χ2n) is 16.1. The Bertz CT molecular complexity index is 1730. The molecule has 3 rings (SSSR count). The van der Waals surface area contributed by atoms with Gasteiger partial charge in [-0.25, -0.2) is 4.79 Å². The summed E-state index contributed by atoms with van der Waals surface area (Å²) in [6.07, 6.45) is 13.8. The van der Waals surface area contributed by atoms with E-state index in [1.807, 2.05) is 91.0 Å². The normalized spacial score (nSPS) is 12.4. The van der Waals surface area contributed by atoms with Crippen LogP contribution in [0.3, 0.4) is 0 Å². The van der Waals surface area contributed by atoms with Gasteiger partial charge in [-0.3, -0.25) is 19.2 Å². The number of unbranched alkanes of at least 4 members (excludes halogenated alkanes) is 11. The maximum atomic E-state index is 14.1. The highest BCUT2D eigenvalue weighted by atomic mass is 16.5. The number of hydrogen-bond acceptors (Lipinski definition) is 10. The maximum Gasteiger partial charge on any atom is 0.329 e. The highest BCUT2D eigenvalue weighted by Gasteiger charge is 2.30. The minimum absolute atomic E-state index is 0.00285. The number of benzene rings is 3. The van der Waals surface area contributed by atoms with Crippen LogP contribution in [-0.4, -0.2) is 101 Å². The number of amides is 4. The minimum atomic E-state index is -1.28. The summed E-state index contributed by atoms with van der Waals surface area (Å²) in [5.41, 5.74) is 2.41. The van der Waals surface area contributed by atoms with E-state index < -0.39 is 54.1 Å². The van der Waals surface area contributed by atoms with Crippen molar-refractivity contribution in [3.63, 3.8) is 0 Å². The van der Waals surface area contributed by atoms with Crippen molar-refractivity contribution >= 4 is 29.6 Å². The van der Waals surface area contributed by atoms with Crippen LogP contribution < -0.4 is 21.3 Å². The fraction of sp³-hybridized carbons (Fsp3) is 0.549. The molecule has 0 saturated carbocycles. The quantitative estimate of drug-likeness (QED) is 0.0367. The molecule has 65 heavy (non-hydrogen) atoms. The summed E-state index contributed by atoms with van der Waals surface area (Å²) < 4.78 is 27.4. The average molecular weight is 903 g/mol. The molecular weight excluding hydrogens is 829 g/mol. The Kier molecular flexibility index (Phi) is 29.3. The van der Waals surface area contributed by atoms with Crippen molar-refractivity contribution in [1.29, 1.82) is 0 Å². The number of carbonyl (C=O) groups excluding carboxylic acids is 5. The molecule has 4 amide bonds. The van der Waals surface area contributed by atoms with Gasteiger partial charge < -0.3 is 45.0 Å². The van der Waals surface area contributed by atoms with Crippen LogP contribution >= 0.6 is 0 Å². The van der Waals surface area contributed by atoms with Gasteiger partial charge in [-0.05, 0) is 23.1 Å². The predicted octanol–water partition coefficient (Wildman–Crippen LogP) is 6.53. The molecule has 14 heteroatoms. The van der Waals surface area contributed by atoms with Crippen LogP contribution in [0.5, 0.6) is 0 Å². The summed E-state index contributed by atoms with van der Waals surface area (Å²) in [5.74, 6) is -3.18. The van der Waals surface area contributed by atoms with E-state index in [2.05, 4.69) is 28.2 Å². The minimum Gasteiger partial charge on any atom is -0.459 e. The Balaban J connectivity index is 1.66. The first-order valence-corrected chi connectivity index (χ1v) is 23.5. The van der Waals surface area contributed by atoms with Crippen LogP contribution in [-0.2, 0) is 67.3 Å². The van der Waals surface area contributed by atoms with Crippen LogP contribution in [0.1, 0.15) is 107 Å². The standard InChI is InChI=1S/C51H74N4O10/c1-3-4-5-6-7-8-9-10-11-12-13-23-30-52-49(58)44(53-48(57)40-63-34-33-62-32-31-61-2)36-47(56)54-46(39-64-37-42-26-19-15-20-27-42)50(59)55-45(35-41-24-17-14-18-25-41)51(60)65-38-43-28-21-16-22-29-43/h14-22,24-29,44-46H,3-13,23,30-40H2,1-2H3,(H,52,58)(H,53,57)(H,54,56)(H,55,59)/t44-,45-,46-/m0/s1. The summed E-state index contributed by atoms with van der Waals surface area (Å²) in [4.78, 5) is 68.0. The monoisotopic (exact) mass is 903 g/mol. The Morgan fingerprint density at radius 2 is 1.03 bits per heavy atom. The van der Waals surface area contributed by atoms with Gasteiger partial charge in [0.15, 0.2) is 0 Å². The molecule has 0 fully saturated rings. The Hall–Kier alpha value is -5.15. The second kappa shape index (κ2) is 35.2. The fourth-order valence-electron chi connectivity index (χ4n) is 6.91. The first-order chi connectivity index (χ1) is 31.8. The van der Waals surface area contributed by atoms with Crippen molar-refractivity contribution in [2.24, 2.45) is 0 Å². The predicted molar refractivity (Wildman–Crippen MR) is 250 cm³/mol. The molecule has 3 aromatic carbocycles. The van der Waals surface area contributed by atoms with Gasteiger partial charge in [-0.15, -0.1) is 0 Å². The molecule has 0 saturated heterocycles. The van der Waals surface area contributed by atoms with Gasteiger partial charge in [-0.2, -0.15) is 0 Å². The molecule has 0 bridgehead atoms. The van der Waals surface area contributed by atoms with Crippen LogP contribution in [0.4, 0.5) is 0 Å². The summed E-state index contributed by atoms with van der Waals surface area (Å²) in [7, 11) is 1.57. The zero-order valence-corrected chi connectivity index (χ0v) is 38.7. The zero-order chi connectivity index (χ0) is 46.6. The van der Waals surface area contributed by atoms with E-state index in [9.17, 15) is 24.0 Å². The van der Waals surface area contributed by atoms with Crippen molar-refractivity contribution in [3.8, 4) is 0 Å². The third kappa shape index (κ3) is 25.8. The molecule has 0 aliphatic rings. The molecule has 0 unspecified atom stereocenters. The summed E-state index contributed by atoms with van der Waals surface area (Å²) in [6.45, 7) is 3.32. The van der Waals surface area contributed by atoms with E-state index in [0.717, 1.165) is 42.4 Å². The Morgan fingerprint density at radius 3 is 1.63 bits per heavy atom. The molecule has 3 aromatic rings. The molecule has 3 atom stereocenters. The molecule has 0 spiro atoms. The van der Waals surface area contributed by atoms with E-state index in [0.29, 0.717) is 19.8 Å². The summed E-state index contributed by atoms with van der Waals surface area (Å²) in [6, 6.07) is 24.1. The SMILES string of the molecule is CCCCCCCCCCCCCCNC(=O)[C@H](CC(=O)N[C@@H](COCc1ccccc1)C(=O)N[C@@H](Cc1ccccc1)C(=O)OCc1ccccc1)NC(=O)COCCOCCOC. The van der Waals surface area contributed by atoms with Crippen molar-refractivity contribution in [1.82, 2.24) is 21.3 Å². The first-order valence-electron chi connectivity index (χ1n) is 23.5. The van der Waals surface area contributed by atoms with Crippen molar-refractivity contribution < 1.29 is 47.7 Å². The number of carbonyl (C=O) groups is 5. The summed E-state index contributed by atoms with van der Waals surface area (Å²) in [5, 5.41) is 11.0. The van der Waals surface area contributed by atoms with Gasteiger partial charge >= 0.3 is 5.97 Å². The lowest BCUT2D eigenvalue weighted by Gasteiger charge is -2.24. The van der Waals surface area contributed by atoms with Gasteiger partial charge in [-0.1, -0.05) is 169 Å². The van der Waals surface area contributed by atoms with Crippen LogP contribution in [0.25, 0.3) is 0 Å². The molecule has 14 nitrogen and oxygen atoms in total. The highest BCUT2D eigenvalue weighted by molar-refractivity contribution is 5.94. The van der Waals surface area contributed by atoms with Gasteiger partial charge in [0.25, 0.3) is 0 Å². The zero-order valence-electron chi connectivity index (χ0n) is 38.7. The molecule has 0 aliphatic carbocycles. The summed E-state index contributed by atoms with van der Waals surface area (Å²) >= 11 is 0. The van der Waals surface area contributed by atoms with E-state index in [-0.39, 0.29) is 46.1 Å². The van der Waals surface area contributed by atoms with E-state index in [4.69, 9.17) is 23.7 Å². The number of rotatable bonds is 37. The van der Waals surface area contributed by atoms with Gasteiger partial charge in [0.1, 0.15) is 31.3 Å². The number of methoxy groups -OCH3 is 1. The van der Waals surface area contributed by atoms with Crippen molar-refractivity contribution in [3.05, 3.63) is 108 Å². The molecular formula is C51H74N4O10. The van der Waals surface area contributed by atoms with Crippen molar-refractivity contribution in [2.45, 2.75) is 128 Å². The topological polar surface area (TPSA) is 180 Å².